The Morgan fingerprint density at radius 2 is 1.87 bits per heavy atom. The van der Waals surface area contributed by atoms with Gasteiger partial charge in [-0.3, -0.25) is 4.90 Å². The average Bonchev–Trinajstić information content (AvgIpc) is 3.08. The third-order valence-corrected chi connectivity index (χ3v) is 7.91. The molecule has 5 rings (SSSR count). The molecule has 0 radical (unpaired) electrons. The van der Waals surface area contributed by atoms with Gasteiger partial charge >= 0.3 is 0 Å². The van der Waals surface area contributed by atoms with Crippen molar-refractivity contribution in [2.45, 2.75) is 44.8 Å². The van der Waals surface area contributed by atoms with Crippen LogP contribution in [0.15, 0.2) is 54.6 Å². The van der Waals surface area contributed by atoms with Crippen molar-refractivity contribution in [1.29, 1.82) is 5.26 Å². The van der Waals surface area contributed by atoms with E-state index < -0.39 is 0 Å². The van der Waals surface area contributed by atoms with Crippen LogP contribution < -0.4 is 0 Å². The molecule has 4 nitrogen and oxygen atoms in total. The summed E-state index contributed by atoms with van der Waals surface area (Å²) in [4.78, 5) is 2.59. The molecule has 1 aromatic heterocycles. The first kappa shape index (κ1) is 20.3. The number of piperidine rings is 1. The number of hydrogen-bond acceptors (Lipinski definition) is 3. The van der Waals surface area contributed by atoms with Crippen LogP contribution in [-0.4, -0.2) is 27.2 Å². The van der Waals surface area contributed by atoms with Crippen molar-refractivity contribution in [3.8, 4) is 6.07 Å². The van der Waals surface area contributed by atoms with Gasteiger partial charge in [0.1, 0.15) is 0 Å². The summed E-state index contributed by atoms with van der Waals surface area (Å²) in [5.41, 5.74) is 5.40. The standard InChI is InChI=1S/C27H31N3O/c1-3-19(17-31)21-13-26-27-22(20-11-7-8-12-24(20)29(27)2)14-25(23(21)15-28)30(26)16-18-9-5-4-6-10-18/h4-12,19,21,23,25-26,31H,3,13-14,16-17H2,1-2H3/t19?,21?,23?,25-,26-/m0/s1. The van der Waals surface area contributed by atoms with E-state index in [0.717, 1.165) is 25.8 Å². The second-order valence-corrected chi connectivity index (χ2v) is 9.29. The van der Waals surface area contributed by atoms with Gasteiger partial charge in [0.25, 0.3) is 0 Å². The number of rotatable bonds is 5. The lowest BCUT2D eigenvalue weighted by atomic mass is 9.66. The van der Waals surface area contributed by atoms with E-state index in [1.165, 1.54) is 27.7 Å². The molecule has 3 heterocycles. The fourth-order valence-corrected chi connectivity index (χ4v) is 6.37. The van der Waals surface area contributed by atoms with Gasteiger partial charge in [-0.05, 0) is 41.9 Å². The zero-order chi connectivity index (χ0) is 21.5. The van der Waals surface area contributed by atoms with Crippen LogP contribution in [0.25, 0.3) is 10.9 Å². The van der Waals surface area contributed by atoms with Gasteiger partial charge < -0.3 is 9.67 Å². The zero-order valence-electron chi connectivity index (χ0n) is 18.4. The van der Waals surface area contributed by atoms with Gasteiger partial charge in [-0.1, -0.05) is 61.9 Å². The highest BCUT2D eigenvalue weighted by atomic mass is 16.3. The topological polar surface area (TPSA) is 52.2 Å². The minimum atomic E-state index is -0.0656. The number of fused-ring (bicyclic) bond motifs is 6. The van der Waals surface area contributed by atoms with Crippen LogP contribution in [-0.2, 0) is 20.0 Å². The SMILES string of the molecule is CCC(CO)C1C[C@H]2c3c(c4ccccc4n3C)C[C@@H](C1C#N)N2Cc1ccccc1. The van der Waals surface area contributed by atoms with Crippen LogP contribution in [0.4, 0.5) is 0 Å². The normalized spacial score (nSPS) is 26.4. The van der Waals surface area contributed by atoms with Crippen LogP contribution in [0, 0.1) is 29.1 Å². The van der Waals surface area contributed by atoms with Crippen molar-refractivity contribution >= 4 is 10.9 Å². The molecule has 1 N–H and O–H groups in total. The Morgan fingerprint density at radius 3 is 2.58 bits per heavy atom. The summed E-state index contributed by atoms with van der Waals surface area (Å²) in [5.74, 6) is 0.349. The van der Waals surface area contributed by atoms with E-state index in [0.29, 0.717) is 0 Å². The third kappa shape index (κ3) is 3.19. The first-order valence-electron chi connectivity index (χ1n) is 11.5. The Balaban J connectivity index is 1.65. The second kappa shape index (κ2) is 8.15. The van der Waals surface area contributed by atoms with Gasteiger partial charge in [0.15, 0.2) is 0 Å². The van der Waals surface area contributed by atoms with E-state index >= 15 is 0 Å². The van der Waals surface area contributed by atoms with Crippen LogP contribution in [0.3, 0.4) is 0 Å². The molecule has 0 amide bonds. The Kier molecular flexibility index (Phi) is 5.33. The molecule has 4 heteroatoms. The molecule has 5 atom stereocenters. The molecular weight excluding hydrogens is 382 g/mol. The largest absolute Gasteiger partial charge is 0.396 e. The second-order valence-electron chi connectivity index (χ2n) is 9.29. The summed E-state index contributed by atoms with van der Waals surface area (Å²) >= 11 is 0. The maximum absolute atomic E-state index is 10.3. The summed E-state index contributed by atoms with van der Waals surface area (Å²) in [6, 6.07) is 22.5. The lowest BCUT2D eigenvalue weighted by Gasteiger charge is -2.52. The number of aliphatic hydroxyl groups is 1. The highest BCUT2D eigenvalue weighted by Crippen LogP contribution is 2.51. The number of para-hydroxylation sites is 1. The van der Waals surface area contributed by atoms with Crippen LogP contribution >= 0.6 is 0 Å². The Bertz CT molecular complexity index is 1110. The monoisotopic (exact) mass is 413 g/mol. The first-order chi connectivity index (χ1) is 15.2. The summed E-state index contributed by atoms with van der Waals surface area (Å²) < 4.78 is 2.38. The van der Waals surface area contributed by atoms with Crippen molar-refractivity contribution in [3.63, 3.8) is 0 Å². The first-order valence-corrected chi connectivity index (χ1v) is 11.5. The predicted octanol–water partition coefficient (Wildman–Crippen LogP) is 4.82. The van der Waals surface area contributed by atoms with Crippen molar-refractivity contribution < 1.29 is 5.11 Å². The van der Waals surface area contributed by atoms with Gasteiger partial charge in [0.05, 0.1) is 18.0 Å². The molecular formula is C27H31N3O. The van der Waals surface area contributed by atoms with Crippen LogP contribution in [0.1, 0.15) is 42.6 Å². The summed E-state index contributed by atoms with van der Waals surface area (Å²) in [6.45, 7) is 3.17. The van der Waals surface area contributed by atoms with Gasteiger partial charge in [-0.15, -0.1) is 0 Å². The zero-order valence-corrected chi connectivity index (χ0v) is 18.4. The van der Waals surface area contributed by atoms with Gasteiger partial charge in [0.2, 0.25) is 0 Å². The van der Waals surface area contributed by atoms with Crippen molar-refractivity contribution in [3.05, 3.63) is 71.4 Å². The van der Waals surface area contributed by atoms with Gasteiger partial charge in [0, 0.05) is 42.8 Å². The summed E-state index contributed by atoms with van der Waals surface area (Å²) in [7, 11) is 2.19. The molecule has 2 aliphatic heterocycles. The number of aromatic nitrogens is 1. The maximum atomic E-state index is 10.3. The molecule has 3 unspecified atom stereocenters. The number of nitrogens with zero attached hydrogens (tertiary/aromatic N) is 3. The van der Waals surface area contributed by atoms with E-state index in [1.807, 2.05) is 0 Å². The quantitative estimate of drug-likeness (QED) is 0.652. The fraction of sp³-hybridized carbons (Fsp3) is 0.444. The fourth-order valence-electron chi connectivity index (χ4n) is 6.37. The minimum Gasteiger partial charge on any atom is -0.396 e. The lowest BCUT2D eigenvalue weighted by molar-refractivity contribution is -0.0280. The van der Waals surface area contributed by atoms with Crippen molar-refractivity contribution in [2.75, 3.05) is 6.61 Å². The molecule has 3 aromatic rings. The summed E-state index contributed by atoms with van der Waals surface area (Å²) in [5, 5.41) is 21.7. The molecule has 0 saturated carbocycles. The number of aliphatic hydroxyl groups excluding tert-OH is 1. The van der Waals surface area contributed by atoms with E-state index in [1.54, 1.807) is 0 Å². The van der Waals surface area contributed by atoms with Crippen molar-refractivity contribution in [1.82, 2.24) is 9.47 Å². The lowest BCUT2D eigenvalue weighted by Crippen LogP contribution is -2.55. The summed E-state index contributed by atoms with van der Waals surface area (Å²) in [6.07, 6.45) is 2.74. The highest BCUT2D eigenvalue weighted by Gasteiger charge is 2.50. The molecule has 2 aliphatic rings. The molecule has 1 fully saturated rings. The van der Waals surface area contributed by atoms with E-state index in [4.69, 9.17) is 0 Å². The maximum Gasteiger partial charge on any atom is 0.0675 e. The molecule has 1 saturated heterocycles. The van der Waals surface area contributed by atoms with E-state index in [2.05, 4.69) is 84.1 Å². The Morgan fingerprint density at radius 1 is 1.13 bits per heavy atom. The molecule has 31 heavy (non-hydrogen) atoms. The number of aryl methyl sites for hydroxylation is 1. The molecule has 0 aliphatic carbocycles. The Labute approximate surface area is 184 Å². The number of hydrogen-bond donors (Lipinski definition) is 1. The Hall–Kier alpha value is -2.61. The van der Waals surface area contributed by atoms with E-state index in [9.17, 15) is 10.4 Å². The molecule has 2 bridgehead atoms. The number of benzene rings is 2. The molecule has 0 spiro atoms. The molecule has 160 valence electrons. The highest BCUT2D eigenvalue weighted by molar-refractivity contribution is 5.86. The predicted molar refractivity (Wildman–Crippen MR) is 123 cm³/mol. The molecule has 2 aromatic carbocycles. The number of nitriles is 1. The van der Waals surface area contributed by atoms with Crippen LogP contribution in [0.2, 0.25) is 0 Å². The third-order valence-electron chi connectivity index (χ3n) is 7.91. The van der Waals surface area contributed by atoms with Gasteiger partial charge in [-0.25, -0.2) is 0 Å². The smallest absolute Gasteiger partial charge is 0.0675 e. The van der Waals surface area contributed by atoms with Gasteiger partial charge in [-0.2, -0.15) is 5.26 Å². The van der Waals surface area contributed by atoms with Crippen LogP contribution in [0.5, 0.6) is 0 Å². The average molecular weight is 414 g/mol. The minimum absolute atomic E-state index is 0.0656. The van der Waals surface area contributed by atoms with Crippen molar-refractivity contribution in [2.24, 2.45) is 24.8 Å². The van der Waals surface area contributed by atoms with E-state index in [-0.39, 0.29) is 36.4 Å².